The van der Waals surface area contributed by atoms with Gasteiger partial charge in [0, 0.05) is 17.8 Å². The number of hydrogen-bond acceptors (Lipinski definition) is 8. The average Bonchev–Trinajstić information content (AvgIpc) is 3.33. The Kier molecular flexibility index (Phi) is 6.57. The van der Waals surface area contributed by atoms with Crippen molar-refractivity contribution in [3.8, 4) is 17.0 Å². The Morgan fingerprint density at radius 3 is 2.73 bits per heavy atom. The number of aliphatic hydroxyl groups is 1. The third-order valence-corrected chi connectivity index (χ3v) is 7.38. The summed E-state index contributed by atoms with van der Waals surface area (Å²) in [6.07, 6.45) is 1.41. The topological polar surface area (TPSA) is 115 Å². The number of aromatic nitrogens is 4. The Morgan fingerprint density at radius 1 is 1.20 bits per heavy atom. The number of nitrogens with one attached hydrogen (secondary N) is 1. The fourth-order valence-electron chi connectivity index (χ4n) is 4.99. The first-order valence-electron chi connectivity index (χ1n) is 12.6. The highest BCUT2D eigenvalue weighted by atomic mass is 35.5. The Morgan fingerprint density at radius 2 is 2.00 bits per heavy atom. The molecule has 2 aliphatic heterocycles. The van der Waals surface area contributed by atoms with Crippen molar-refractivity contribution in [1.29, 1.82) is 0 Å². The molecular formula is C27H25Cl2FN6O4. The van der Waals surface area contributed by atoms with E-state index in [1.807, 2.05) is 6.92 Å². The molecule has 1 amide bonds. The van der Waals surface area contributed by atoms with Gasteiger partial charge in [-0.05, 0) is 45.0 Å². The molecule has 0 unspecified atom stereocenters. The van der Waals surface area contributed by atoms with Gasteiger partial charge >= 0.3 is 0 Å². The van der Waals surface area contributed by atoms with Gasteiger partial charge in [0.2, 0.25) is 5.95 Å². The zero-order valence-corrected chi connectivity index (χ0v) is 23.3. The number of benzene rings is 2. The van der Waals surface area contributed by atoms with Crippen molar-refractivity contribution in [2.45, 2.75) is 32.4 Å². The van der Waals surface area contributed by atoms with E-state index < -0.39 is 11.4 Å². The summed E-state index contributed by atoms with van der Waals surface area (Å²) in [7, 11) is 0. The zero-order valence-electron chi connectivity index (χ0n) is 21.8. The number of carbonyl (C=O) groups excluding carboxylic acids is 1. The number of carbonyl (C=O) groups is 1. The number of morpholine rings is 1. The fraction of sp³-hybridized carbons (Fsp3) is 0.333. The third kappa shape index (κ3) is 4.52. The monoisotopic (exact) mass is 586 g/mol. The van der Waals surface area contributed by atoms with Crippen molar-refractivity contribution in [2.75, 3.05) is 36.6 Å². The normalized spacial score (nSPS) is 17.3. The number of ether oxygens (including phenoxy) is 2. The molecule has 2 aromatic carbocycles. The van der Waals surface area contributed by atoms with E-state index in [2.05, 4.69) is 20.3 Å². The molecule has 2 N–H and O–H groups in total. The van der Waals surface area contributed by atoms with Crippen LogP contribution in [0.15, 0.2) is 30.5 Å². The van der Waals surface area contributed by atoms with Crippen LogP contribution in [0.1, 0.15) is 32.6 Å². The third-order valence-electron chi connectivity index (χ3n) is 6.80. The maximum absolute atomic E-state index is 15.5. The van der Waals surface area contributed by atoms with E-state index in [0.717, 1.165) is 0 Å². The number of hydrogen-bond donors (Lipinski definition) is 2. The summed E-state index contributed by atoms with van der Waals surface area (Å²) < 4.78 is 28.5. The smallest absolute Gasteiger partial charge is 0.253 e. The molecule has 1 fully saturated rings. The van der Waals surface area contributed by atoms with Crippen LogP contribution in [-0.4, -0.2) is 56.9 Å². The van der Waals surface area contributed by atoms with Crippen molar-refractivity contribution in [1.82, 2.24) is 19.5 Å². The van der Waals surface area contributed by atoms with E-state index in [4.69, 9.17) is 32.7 Å². The second-order valence-corrected chi connectivity index (χ2v) is 11.1. The van der Waals surface area contributed by atoms with Crippen LogP contribution in [0.3, 0.4) is 0 Å². The predicted octanol–water partition coefficient (Wildman–Crippen LogP) is 5.23. The number of halogens is 3. The van der Waals surface area contributed by atoms with E-state index in [-0.39, 0.29) is 47.3 Å². The minimum atomic E-state index is -1.30. The molecule has 0 radical (unpaired) electrons. The second kappa shape index (κ2) is 9.84. The summed E-state index contributed by atoms with van der Waals surface area (Å²) in [6, 6.07) is 6.23. The van der Waals surface area contributed by atoms with Crippen molar-refractivity contribution in [3.05, 3.63) is 52.1 Å². The number of amides is 1. The summed E-state index contributed by atoms with van der Waals surface area (Å²) in [5.41, 5.74) is 0.954. The van der Waals surface area contributed by atoms with E-state index in [1.54, 1.807) is 41.5 Å². The SMILES string of the molecule is C[C@H]1COc2c(-c3nc(Nc4ccc(N5CCOCC5=O)c(Cl)c4)ncc3Cl)cc(F)c3nc(C(C)(C)O)n1c23. The zero-order chi connectivity index (χ0) is 28.3. The summed E-state index contributed by atoms with van der Waals surface area (Å²) >= 11 is 13.0. The van der Waals surface area contributed by atoms with Crippen LogP contribution in [0.5, 0.6) is 5.75 Å². The summed E-state index contributed by atoms with van der Waals surface area (Å²) in [5, 5.41) is 14.4. The molecule has 2 aliphatic rings. The van der Waals surface area contributed by atoms with E-state index >= 15 is 4.39 Å². The lowest BCUT2D eigenvalue weighted by Crippen LogP contribution is -2.41. The molecule has 0 aliphatic carbocycles. The van der Waals surface area contributed by atoms with Crippen LogP contribution in [0.2, 0.25) is 10.0 Å². The highest BCUT2D eigenvalue weighted by Crippen LogP contribution is 2.45. The van der Waals surface area contributed by atoms with Crippen molar-refractivity contribution < 1.29 is 23.8 Å². The lowest BCUT2D eigenvalue weighted by molar-refractivity contribution is -0.125. The quantitative estimate of drug-likeness (QED) is 0.327. The predicted molar refractivity (Wildman–Crippen MR) is 149 cm³/mol. The molecule has 6 rings (SSSR count). The number of imidazole rings is 1. The van der Waals surface area contributed by atoms with Gasteiger partial charge in [0.1, 0.15) is 35.7 Å². The average molecular weight is 587 g/mol. The van der Waals surface area contributed by atoms with Crippen LogP contribution in [-0.2, 0) is 15.1 Å². The molecule has 0 saturated carbocycles. The standard InChI is InChI=1S/C27H25Cl2FN6O4/c1-13-11-40-24-15(9-18(30)22-23(24)36(13)25(33-22)27(2,3)38)21-17(29)10-31-26(34-21)32-14-4-5-19(16(28)8-14)35-6-7-39-12-20(35)37/h4-5,8-10,13,38H,6-7,11-12H2,1-3H3,(H,31,32,34)/t13-/m0/s1. The summed E-state index contributed by atoms with van der Waals surface area (Å²) in [4.78, 5) is 27.1. The Bertz CT molecular complexity index is 1670. The van der Waals surface area contributed by atoms with Gasteiger partial charge in [-0.3, -0.25) is 4.79 Å². The Labute approximate surface area is 238 Å². The molecule has 4 heterocycles. The maximum Gasteiger partial charge on any atom is 0.253 e. The Balaban J connectivity index is 1.39. The van der Waals surface area contributed by atoms with Crippen LogP contribution in [0.4, 0.5) is 21.7 Å². The molecule has 4 aromatic rings. The van der Waals surface area contributed by atoms with Crippen LogP contribution in [0, 0.1) is 5.82 Å². The van der Waals surface area contributed by atoms with E-state index in [9.17, 15) is 9.90 Å². The highest BCUT2D eigenvalue weighted by Gasteiger charge is 2.34. The second-order valence-electron chi connectivity index (χ2n) is 10.2. The largest absolute Gasteiger partial charge is 0.488 e. The molecule has 1 saturated heterocycles. The van der Waals surface area contributed by atoms with Crippen molar-refractivity contribution in [3.63, 3.8) is 0 Å². The molecule has 208 valence electrons. The first-order chi connectivity index (χ1) is 19.0. The van der Waals surface area contributed by atoms with Crippen LogP contribution < -0.4 is 15.0 Å². The summed E-state index contributed by atoms with van der Waals surface area (Å²) in [6.45, 7) is 6.26. The van der Waals surface area contributed by atoms with Gasteiger partial charge in [0.15, 0.2) is 11.6 Å². The first kappa shape index (κ1) is 26.7. The minimum absolute atomic E-state index is 0.00851. The molecule has 10 nitrogen and oxygen atoms in total. The maximum atomic E-state index is 15.5. The van der Waals surface area contributed by atoms with Gasteiger partial charge in [-0.15, -0.1) is 0 Å². The first-order valence-corrected chi connectivity index (χ1v) is 13.4. The van der Waals surface area contributed by atoms with E-state index in [1.165, 1.54) is 12.3 Å². The number of anilines is 3. The van der Waals surface area contributed by atoms with Crippen molar-refractivity contribution >= 4 is 57.5 Å². The molecule has 40 heavy (non-hydrogen) atoms. The van der Waals surface area contributed by atoms with Gasteiger partial charge in [0.05, 0.1) is 40.3 Å². The number of rotatable bonds is 5. The lowest BCUT2D eigenvalue weighted by atomic mass is 10.1. The fourth-order valence-corrected chi connectivity index (χ4v) is 5.46. The minimum Gasteiger partial charge on any atom is -0.488 e. The van der Waals surface area contributed by atoms with Gasteiger partial charge in [-0.1, -0.05) is 23.2 Å². The highest BCUT2D eigenvalue weighted by molar-refractivity contribution is 6.34. The lowest BCUT2D eigenvalue weighted by Gasteiger charge is -2.28. The van der Waals surface area contributed by atoms with Gasteiger partial charge in [-0.25, -0.2) is 19.3 Å². The van der Waals surface area contributed by atoms with Gasteiger partial charge < -0.3 is 29.4 Å². The molecule has 1 atom stereocenters. The molecule has 2 aromatic heterocycles. The summed E-state index contributed by atoms with van der Waals surface area (Å²) in [5.74, 6) is 0.131. The van der Waals surface area contributed by atoms with Crippen LogP contribution in [0.25, 0.3) is 22.3 Å². The number of nitrogens with zero attached hydrogens (tertiary/aromatic N) is 5. The molecule has 0 bridgehead atoms. The molecular weight excluding hydrogens is 562 g/mol. The van der Waals surface area contributed by atoms with E-state index in [0.29, 0.717) is 52.2 Å². The van der Waals surface area contributed by atoms with Gasteiger partial charge in [0.25, 0.3) is 5.91 Å². The van der Waals surface area contributed by atoms with Crippen molar-refractivity contribution in [2.24, 2.45) is 0 Å². The van der Waals surface area contributed by atoms with Crippen LogP contribution >= 0.6 is 23.2 Å². The molecule has 13 heteroatoms. The van der Waals surface area contributed by atoms with Gasteiger partial charge in [-0.2, -0.15) is 0 Å². The molecule has 0 spiro atoms. The Hall–Kier alpha value is -3.51.